The van der Waals surface area contributed by atoms with Crippen LogP contribution in [-0.2, 0) is 0 Å². The van der Waals surface area contributed by atoms with E-state index >= 15 is 0 Å². The Morgan fingerprint density at radius 1 is 1.08 bits per heavy atom. The van der Waals surface area contributed by atoms with Crippen molar-refractivity contribution in [2.24, 2.45) is 5.92 Å². The first-order valence-electron chi connectivity index (χ1n) is 3.01. The third-order valence-corrected chi connectivity index (χ3v) is 1.26. The number of hydrogen-bond acceptors (Lipinski definition) is 0. The molecule has 0 fully saturated rings. The average Bonchev–Trinajstić information content (AvgIpc) is 1.82. The second-order valence-electron chi connectivity index (χ2n) is 2.25. The number of rotatable bonds is 3. The highest BCUT2D eigenvalue weighted by molar-refractivity contribution is 4.97. The van der Waals surface area contributed by atoms with Gasteiger partial charge in [-0.25, -0.2) is 17.6 Å². The van der Waals surface area contributed by atoms with Crippen LogP contribution in [-0.4, -0.2) is 18.8 Å². The van der Waals surface area contributed by atoms with E-state index in [1.807, 2.05) is 0 Å². The molecule has 0 aromatic carbocycles. The van der Waals surface area contributed by atoms with Crippen molar-refractivity contribution in [1.82, 2.24) is 0 Å². The van der Waals surface area contributed by atoms with Gasteiger partial charge in [0.25, 0.3) is 6.43 Å². The fourth-order valence-corrected chi connectivity index (χ4v) is 0.631. The van der Waals surface area contributed by atoms with Gasteiger partial charge in [-0.15, -0.1) is 0 Å². The molecule has 0 N–H and O–H groups in total. The van der Waals surface area contributed by atoms with Crippen molar-refractivity contribution in [3.05, 3.63) is 12.4 Å². The molecule has 78 valence electrons. The van der Waals surface area contributed by atoms with Crippen molar-refractivity contribution in [2.75, 3.05) is 0 Å². The zero-order valence-electron chi connectivity index (χ0n) is 6.08. The fraction of sp³-hybridized carbons (Fsp3) is 0.667. The van der Waals surface area contributed by atoms with Crippen LogP contribution in [0.3, 0.4) is 0 Å². The molecule has 0 nitrogen and oxygen atoms in total. The molecule has 7 heteroatoms. The van der Waals surface area contributed by atoms with E-state index < -0.39 is 30.5 Å². The Bertz CT molecular complexity index is 182. The van der Waals surface area contributed by atoms with Gasteiger partial charge in [0.15, 0.2) is 12.1 Å². The summed E-state index contributed by atoms with van der Waals surface area (Å²) in [5.74, 6) is -5.70. The Kier molecular flexibility index (Phi) is 3.74. The smallest absolute Gasteiger partial charge is 0.239 e. The first-order chi connectivity index (χ1) is 5.68. The molecule has 2 unspecified atom stereocenters. The molecule has 0 amide bonds. The molecule has 0 heterocycles. The largest absolute Gasteiger partial charge is 0.400 e. The van der Waals surface area contributed by atoms with Gasteiger partial charge in [0.1, 0.15) is 5.83 Å². The van der Waals surface area contributed by atoms with E-state index in [0.717, 1.165) is 0 Å². The zero-order chi connectivity index (χ0) is 10.8. The van der Waals surface area contributed by atoms with E-state index in [9.17, 15) is 30.7 Å². The van der Waals surface area contributed by atoms with Gasteiger partial charge in [-0.1, -0.05) is 6.58 Å². The first kappa shape index (κ1) is 12.2. The lowest BCUT2D eigenvalue weighted by atomic mass is 10.0. The van der Waals surface area contributed by atoms with Gasteiger partial charge in [0, 0.05) is 0 Å². The predicted octanol–water partition coefficient (Wildman–Crippen LogP) is 3.25. The molecule has 0 radical (unpaired) electrons. The lowest BCUT2D eigenvalue weighted by molar-refractivity contribution is -0.221. The summed E-state index contributed by atoms with van der Waals surface area (Å²) in [6.45, 7) is 2.20. The molecule has 13 heavy (non-hydrogen) atoms. The van der Waals surface area contributed by atoms with Crippen LogP contribution in [0.2, 0.25) is 0 Å². The van der Waals surface area contributed by atoms with E-state index in [1.165, 1.54) is 0 Å². The summed E-state index contributed by atoms with van der Waals surface area (Å²) >= 11 is 0. The van der Waals surface area contributed by atoms with Gasteiger partial charge in [0.2, 0.25) is 0 Å². The summed E-state index contributed by atoms with van der Waals surface area (Å²) in [5, 5.41) is 0. The highest BCUT2D eigenvalue weighted by Gasteiger charge is 2.52. The molecule has 0 saturated heterocycles. The second-order valence-corrected chi connectivity index (χ2v) is 2.25. The third kappa shape index (κ3) is 3.23. The molecular weight excluding hydrogens is 205 g/mol. The van der Waals surface area contributed by atoms with Crippen molar-refractivity contribution < 1.29 is 30.7 Å². The summed E-state index contributed by atoms with van der Waals surface area (Å²) in [5.41, 5.74) is 0. The third-order valence-electron chi connectivity index (χ3n) is 1.26. The summed E-state index contributed by atoms with van der Waals surface area (Å²) in [4.78, 5) is 0. The Labute approximate surface area is 69.0 Å². The maximum atomic E-state index is 12.3. The van der Waals surface area contributed by atoms with Crippen LogP contribution in [0, 0.1) is 5.92 Å². The van der Waals surface area contributed by atoms with E-state index in [1.54, 1.807) is 0 Å². The molecule has 0 aromatic heterocycles. The highest BCUT2D eigenvalue weighted by Crippen LogP contribution is 2.37. The van der Waals surface area contributed by atoms with Gasteiger partial charge in [-0.05, 0) is 0 Å². The van der Waals surface area contributed by atoms with E-state index in [-0.39, 0.29) is 0 Å². The van der Waals surface area contributed by atoms with Crippen LogP contribution in [0.4, 0.5) is 30.7 Å². The summed E-state index contributed by atoms with van der Waals surface area (Å²) < 4.78 is 82.3. The minimum Gasteiger partial charge on any atom is -0.239 e. The van der Waals surface area contributed by atoms with Crippen LogP contribution >= 0.6 is 0 Å². The lowest BCUT2D eigenvalue weighted by Gasteiger charge is -2.21. The molecule has 0 aliphatic rings. The van der Waals surface area contributed by atoms with Gasteiger partial charge >= 0.3 is 6.18 Å². The summed E-state index contributed by atoms with van der Waals surface area (Å²) in [6, 6.07) is 0. The van der Waals surface area contributed by atoms with Crippen molar-refractivity contribution in [1.29, 1.82) is 0 Å². The van der Waals surface area contributed by atoms with Crippen LogP contribution in [0.25, 0.3) is 0 Å². The standard InChI is InChI=1S/C6H5F7/c1-2(7)4(8)3(5(9)10)6(11,12)13/h3-5H,1H2. The number of hydrogen-bond donors (Lipinski definition) is 0. The molecular formula is C6H5F7. The summed E-state index contributed by atoms with van der Waals surface area (Å²) in [6.07, 6.45) is -12.9. The Morgan fingerprint density at radius 3 is 1.54 bits per heavy atom. The monoisotopic (exact) mass is 210 g/mol. The predicted molar refractivity (Wildman–Crippen MR) is 30.7 cm³/mol. The van der Waals surface area contributed by atoms with Crippen molar-refractivity contribution in [3.8, 4) is 0 Å². The van der Waals surface area contributed by atoms with E-state index in [2.05, 4.69) is 6.58 Å². The molecule has 0 saturated carbocycles. The number of halogens is 7. The van der Waals surface area contributed by atoms with Gasteiger partial charge in [-0.2, -0.15) is 13.2 Å². The molecule has 0 aromatic rings. The van der Waals surface area contributed by atoms with E-state index in [0.29, 0.717) is 0 Å². The normalized spacial score (nSPS) is 17.2. The second kappa shape index (κ2) is 3.97. The molecule has 0 aliphatic heterocycles. The van der Waals surface area contributed by atoms with Crippen LogP contribution < -0.4 is 0 Å². The Hall–Kier alpha value is -0.750. The van der Waals surface area contributed by atoms with Gasteiger partial charge in [-0.3, -0.25) is 0 Å². The van der Waals surface area contributed by atoms with Gasteiger partial charge < -0.3 is 0 Å². The Balaban J connectivity index is 4.72. The zero-order valence-corrected chi connectivity index (χ0v) is 6.08. The average molecular weight is 210 g/mol. The first-order valence-corrected chi connectivity index (χ1v) is 3.01. The van der Waals surface area contributed by atoms with Crippen molar-refractivity contribution >= 4 is 0 Å². The number of alkyl halides is 6. The quantitative estimate of drug-likeness (QED) is 0.627. The maximum absolute atomic E-state index is 12.3. The molecule has 0 aliphatic carbocycles. The fourth-order valence-electron chi connectivity index (χ4n) is 0.631. The van der Waals surface area contributed by atoms with Crippen molar-refractivity contribution in [2.45, 2.75) is 18.8 Å². The minimum absolute atomic E-state index is 2.05. The summed E-state index contributed by atoms with van der Waals surface area (Å²) in [7, 11) is 0. The number of allylic oxidation sites excluding steroid dienone is 1. The van der Waals surface area contributed by atoms with Gasteiger partial charge in [0.05, 0.1) is 0 Å². The van der Waals surface area contributed by atoms with Crippen LogP contribution in [0.15, 0.2) is 12.4 Å². The maximum Gasteiger partial charge on any atom is 0.400 e. The van der Waals surface area contributed by atoms with E-state index in [4.69, 9.17) is 0 Å². The molecule has 0 bridgehead atoms. The lowest BCUT2D eigenvalue weighted by Crippen LogP contribution is -2.37. The SMILES string of the molecule is C=C(F)C(F)C(C(F)F)C(F)(F)F. The topological polar surface area (TPSA) is 0 Å². The Morgan fingerprint density at radius 2 is 1.46 bits per heavy atom. The molecule has 0 spiro atoms. The molecule has 0 rings (SSSR count). The van der Waals surface area contributed by atoms with Crippen molar-refractivity contribution in [3.63, 3.8) is 0 Å². The van der Waals surface area contributed by atoms with Crippen LogP contribution in [0.5, 0.6) is 0 Å². The highest BCUT2D eigenvalue weighted by atomic mass is 19.4. The molecule has 2 atom stereocenters. The van der Waals surface area contributed by atoms with Crippen LogP contribution in [0.1, 0.15) is 0 Å². The minimum atomic E-state index is -5.48.